The van der Waals surface area contributed by atoms with Gasteiger partial charge < -0.3 is 9.73 Å². The fraction of sp³-hybridized carbons (Fsp3) is 0.538. The molecule has 0 aliphatic heterocycles. The lowest BCUT2D eigenvalue weighted by Crippen LogP contribution is -2.24. The first kappa shape index (κ1) is 12.1. The number of hydrogen-bond acceptors (Lipinski definition) is 2. The van der Waals surface area contributed by atoms with Crippen molar-refractivity contribution in [2.75, 3.05) is 6.54 Å². The molecule has 1 aromatic rings. The van der Waals surface area contributed by atoms with Gasteiger partial charge in [-0.2, -0.15) is 0 Å². The van der Waals surface area contributed by atoms with Crippen molar-refractivity contribution in [3.8, 4) is 0 Å². The molecule has 0 radical (unpaired) electrons. The Balaban J connectivity index is 2.65. The Bertz CT molecular complexity index is 323. The molecule has 1 N–H and O–H groups in total. The standard InChI is InChI=1S/C13H21NO/c1-5-12(9-14-10(2)3)8-13-11(4)6-7-15-13/h6-8,10,14H,5,9H2,1-4H3/b12-8-. The summed E-state index contributed by atoms with van der Waals surface area (Å²) in [5.74, 6) is 0.984. The maximum atomic E-state index is 5.40. The third-order valence-corrected chi connectivity index (χ3v) is 2.43. The first-order chi connectivity index (χ1) is 7.13. The Hall–Kier alpha value is -1.02. The first-order valence-corrected chi connectivity index (χ1v) is 5.60. The summed E-state index contributed by atoms with van der Waals surface area (Å²) in [6, 6.07) is 2.52. The van der Waals surface area contributed by atoms with Crippen LogP contribution in [0, 0.1) is 6.92 Å². The molecule has 1 heterocycles. The Morgan fingerprint density at radius 3 is 2.73 bits per heavy atom. The van der Waals surface area contributed by atoms with Gasteiger partial charge in [0.15, 0.2) is 0 Å². The van der Waals surface area contributed by atoms with Crippen molar-refractivity contribution in [1.29, 1.82) is 0 Å². The molecule has 15 heavy (non-hydrogen) atoms. The summed E-state index contributed by atoms with van der Waals surface area (Å²) in [6.07, 6.45) is 4.94. The minimum absolute atomic E-state index is 0.526. The minimum atomic E-state index is 0.526. The molecular formula is C13H21NO. The second-order valence-corrected chi connectivity index (χ2v) is 4.16. The molecular weight excluding hydrogens is 186 g/mol. The molecule has 0 fully saturated rings. The molecule has 0 amide bonds. The van der Waals surface area contributed by atoms with Gasteiger partial charge in [-0.1, -0.05) is 26.3 Å². The zero-order valence-corrected chi connectivity index (χ0v) is 10.1. The molecule has 1 rings (SSSR count). The van der Waals surface area contributed by atoms with Gasteiger partial charge in [-0.25, -0.2) is 0 Å². The van der Waals surface area contributed by atoms with Gasteiger partial charge in [-0.3, -0.25) is 0 Å². The van der Waals surface area contributed by atoms with Gasteiger partial charge in [0, 0.05) is 12.6 Å². The third kappa shape index (κ3) is 3.92. The van der Waals surface area contributed by atoms with Crippen molar-refractivity contribution in [3.63, 3.8) is 0 Å². The van der Waals surface area contributed by atoms with E-state index in [4.69, 9.17) is 4.42 Å². The highest BCUT2D eigenvalue weighted by molar-refractivity contribution is 5.51. The van der Waals surface area contributed by atoms with Crippen LogP contribution in [0.5, 0.6) is 0 Å². The van der Waals surface area contributed by atoms with Gasteiger partial charge in [0.1, 0.15) is 5.76 Å². The molecule has 0 aromatic carbocycles. The summed E-state index contributed by atoms with van der Waals surface area (Å²) < 4.78 is 5.40. The largest absolute Gasteiger partial charge is 0.465 e. The Labute approximate surface area is 92.4 Å². The van der Waals surface area contributed by atoms with E-state index in [-0.39, 0.29) is 0 Å². The Morgan fingerprint density at radius 2 is 2.27 bits per heavy atom. The molecule has 0 spiro atoms. The zero-order chi connectivity index (χ0) is 11.3. The van der Waals surface area contributed by atoms with Crippen molar-refractivity contribution >= 4 is 6.08 Å². The number of nitrogens with one attached hydrogen (secondary N) is 1. The summed E-state index contributed by atoms with van der Waals surface area (Å²) in [5.41, 5.74) is 2.58. The van der Waals surface area contributed by atoms with Crippen LogP contribution in [-0.4, -0.2) is 12.6 Å². The van der Waals surface area contributed by atoms with Crippen LogP contribution in [-0.2, 0) is 0 Å². The predicted molar refractivity (Wildman–Crippen MR) is 64.9 cm³/mol. The van der Waals surface area contributed by atoms with E-state index >= 15 is 0 Å². The summed E-state index contributed by atoms with van der Waals surface area (Å²) in [6.45, 7) is 9.50. The lowest BCUT2D eigenvalue weighted by Gasteiger charge is -2.09. The van der Waals surface area contributed by atoms with E-state index in [1.54, 1.807) is 6.26 Å². The molecule has 2 nitrogen and oxygen atoms in total. The first-order valence-electron chi connectivity index (χ1n) is 5.60. The van der Waals surface area contributed by atoms with E-state index in [1.807, 2.05) is 6.07 Å². The molecule has 0 atom stereocenters. The lowest BCUT2D eigenvalue weighted by molar-refractivity contribution is 0.553. The summed E-state index contributed by atoms with van der Waals surface area (Å²) >= 11 is 0. The maximum Gasteiger partial charge on any atom is 0.129 e. The molecule has 0 aliphatic carbocycles. The van der Waals surface area contributed by atoms with Crippen molar-refractivity contribution < 1.29 is 4.42 Å². The summed E-state index contributed by atoms with van der Waals surface area (Å²) in [7, 11) is 0. The van der Waals surface area contributed by atoms with Crippen molar-refractivity contribution in [2.24, 2.45) is 0 Å². The van der Waals surface area contributed by atoms with Crippen molar-refractivity contribution in [1.82, 2.24) is 5.32 Å². The van der Waals surface area contributed by atoms with Crippen LogP contribution in [0.25, 0.3) is 6.08 Å². The average molecular weight is 207 g/mol. The molecule has 0 saturated heterocycles. The molecule has 84 valence electrons. The topological polar surface area (TPSA) is 25.2 Å². The normalized spacial score (nSPS) is 12.5. The van der Waals surface area contributed by atoms with Gasteiger partial charge in [-0.05, 0) is 31.1 Å². The summed E-state index contributed by atoms with van der Waals surface area (Å²) in [4.78, 5) is 0. The van der Waals surface area contributed by atoms with Gasteiger partial charge in [-0.15, -0.1) is 0 Å². The molecule has 1 aromatic heterocycles. The second-order valence-electron chi connectivity index (χ2n) is 4.16. The second kappa shape index (κ2) is 5.76. The SMILES string of the molecule is CC/C(=C/c1occc1C)CNC(C)C. The van der Waals surface area contributed by atoms with Gasteiger partial charge in [0.2, 0.25) is 0 Å². The highest BCUT2D eigenvalue weighted by Gasteiger charge is 2.01. The summed E-state index contributed by atoms with van der Waals surface area (Å²) in [5, 5.41) is 3.42. The van der Waals surface area contributed by atoms with E-state index in [2.05, 4.69) is 39.1 Å². The Kier molecular flexibility index (Phi) is 4.63. The fourth-order valence-corrected chi connectivity index (χ4v) is 1.33. The van der Waals surface area contributed by atoms with Gasteiger partial charge in [0.05, 0.1) is 6.26 Å². The predicted octanol–water partition coefficient (Wildman–Crippen LogP) is 3.38. The van der Waals surface area contributed by atoms with E-state index in [9.17, 15) is 0 Å². The van der Waals surface area contributed by atoms with Crippen LogP contribution in [0.1, 0.15) is 38.5 Å². The number of rotatable bonds is 5. The van der Waals surface area contributed by atoms with Gasteiger partial charge >= 0.3 is 0 Å². The molecule has 0 bridgehead atoms. The quantitative estimate of drug-likeness (QED) is 0.800. The molecule has 0 saturated carbocycles. The minimum Gasteiger partial charge on any atom is -0.465 e. The number of aryl methyl sites for hydroxylation is 1. The average Bonchev–Trinajstić information content (AvgIpc) is 2.58. The Morgan fingerprint density at radius 1 is 1.53 bits per heavy atom. The number of hydrogen-bond donors (Lipinski definition) is 1. The van der Waals surface area contributed by atoms with Crippen LogP contribution in [0.15, 0.2) is 22.3 Å². The highest BCUT2D eigenvalue weighted by atomic mass is 16.3. The third-order valence-electron chi connectivity index (χ3n) is 2.43. The van der Waals surface area contributed by atoms with Crippen molar-refractivity contribution in [2.45, 2.75) is 40.2 Å². The van der Waals surface area contributed by atoms with E-state index < -0.39 is 0 Å². The van der Waals surface area contributed by atoms with Crippen molar-refractivity contribution in [3.05, 3.63) is 29.2 Å². The number of furan rings is 1. The smallest absolute Gasteiger partial charge is 0.129 e. The van der Waals surface area contributed by atoms with Gasteiger partial charge in [0.25, 0.3) is 0 Å². The van der Waals surface area contributed by atoms with Crippen LogP contribution >= 0.6 is 0 Å². The van der Waals surface area contributed by atoms with E-state index in [0.717, 1.165) is 18.7 Å². The highest BCUT2D eigenvalue weighted by Crippen LogP contribution is 2.14. The molecule has 2 heteroatoms. The zero-order valence-electron chi connectivity index (χ0n) is 10.1. The van der Waals surface area contributed by atoms with Crippen LogP contribution < -0.4 is 5.32 Å². The van der Waals surface area contributed by atoms with E-state index in [1.165, 1.54) is 11.1 Å². The van der Waals surface area contributed by atoms with Crippen LogP contribution in [0.4, 0.5) is 0 Å². The molecule has 0 unspecified atom stereocenters. The molecule has 0 aliphatic rings. The van der Waals surface area contributed by atoms with Crippen LogP contribution in [0.3, 0.4) is 0 Å². The fourth-order valence-electron chi connectivity index (χ4n) is 1.33. The van der Waals surface area contributed by atoms with E-state index in [0.29, 0.717) is 6.04 Å². The monoisotopic (exact) mass is 207 g/mol. The maximum absolute atomic E-state index is 5.40. The lowest BCUT2D eigenvalue weighted by atomic mass is 10.1. The van der Waals surface area contributed by atoms with Crippen LogP contribution in [0.2, 0.25) is 0 Å².